The van der Waals surface area contributed by atoms with Gasteiger partial charge in [-0.1, -0.05) is 0 Å². The van der Waals surface area contributed by atoms with E-state index in [0.29, 0.717) is 18.2 Å². The van der Waals surface area contributed by atoms with Crippen LogP contribution in [-0.4, -0.2) is 36.1 Å². The number of thiazole rings is 1. The lowest BCUT2D eigenvalue weighted by molar-refractivity contribution is 0.387. The zero-order chi connectivity index (χ0) is 11.2. The first-order valence-electron chi connectivity index (χ1n) is 4.33. The van der Waals surface area contributed by atoms with Crippen LogP contribution >= 0.6 is 11.3 Å². The molecule has 0 amide bonds. The molecule has 0 aromatic carbocycles. The van der Waals surface area contributed by atoms with Crippen LogP contribution < -0.4 is 5.73 Å². The second-order valence-electron chi connectivity index (χ2n) is 3.48. The molecule has 0 radical (unpaired) electrons. The third-order valence-electron chi connectivity index (χ3n) is 2.23. The Morgan fingerprint density at radius 1 is 1.47 bits per heavy atom. The van der Waals surface area contributed by atoms with Gasteiger partial charge in [0.05, 0.1) is 18.8 Å². The Kier molecular flexibility index (Phi) is 2.45. The van der Waals surface area contributed by atoms with Gasteiger partial charge in [0.15, 0.2) is 5.13 Å². The van der Waals surface area contributed by atoms with Crippen molar-refractivity contribution in [1.29, 1.82) is 0 Å². The van der Waals surface area contributed by atoms with Crippen LogP contribution in [0.4, 0.5) is 5.13 Å². The van der Waals surface area contributed by atoms with Gasteiger partial charge in [0.25, 0.3) is 10.2 Å². The summed E-state index contributed by atoms with van der Waals surface area (Å²) in [6.07, 6.45) is 0. The van der Waals surface area contributed by atoms with E-state index in [1.807, 2.05) is 0 Å². The fourth-order valence-corrected chi connectivity index (χ4v) is 3.41. The second-order valence-corrected chi connectivity index (χ2v) is 6.74. The summed E-state index contributed by atoms with van der Waals surface area (Å²) in [5, 5.41) is 0.502. The van der Waals surface area contributed by atoms with Gasteiger partial charge in [-0.05, 0) is 0 Å². The van der Waals surface area contributed by atoms with Crippen molar-refractivity contribution in [3.63, 3.8) is 0 Å². The average molecular weight is 248 g/mol. The lowest BCUT2D eigenvalue weighted by Gasteiger charge is -2.19. The first kappa shape index (κ1) is 10.8. The molecule has 15 heavy (non-hydrogen) atoms. The van der Waals surface area contributed by atoms with Gasteiger partial charge in [0.2, 0.25) is 0 Å². The molecule has 0 saturated heterocycles. The second kappa shape index (κ2) is 3.41. The summed E-state index contributed by atoms with van der Waals surface area (Å²) in [6, 6.07) is 0. The number of hydrogen-bond acceptors (Lipinski definition) is 5. The van der Waals surface area contributed by atoms with E-state index >= 15 is 0 Å². The highest BCUT2D eigenvalue weighted by molar-refractivity contribution is 7.86. The number of anilines is 1. The maximum Gasteiger partial charge on any atom is 0.282 e. The summed E-state index contributed by atoms with van der Waals surface area (Å²) in [7, 11) is -0.300. The van der Waals surface area contributed by atoms with E-state index in [1.54, 1.807) is 0 Å². The molecule has 1 aliphatic rings. The standard InChI is InChI=1S/C7H12N4O2S2/c1-10(2)15(12,13)11-3-5-6(4-11)14-7(8)9-5/h3-4H2,1-2H3,(H2,8,9). The van der Waals surface area contributed by atoms with Crippen LogP contribution in [0.25, 0.3) is 0 Å². The monoisotopic (exact) mass is 248 g/mol. The summed E-state index contributed by atoms with van der Waals surface area (Å²) < 4.78 is 26.2. The Balaban J connectivity index is 2.24. The minimum atomic E-state index is -3.33. The van der Waals surface area contributed by atoms with Crippen LogP contribution in [0, 0.1) is 0 Å². The van der Waals surface area contributed by atoms with Gasteiger partial charge in [-0.3, -0.25) is 0 Å². The maximum atomic E-state index is 11.8. The van der Waals surface area contributed by atoms with E-state index in [9.17, 15) is 8.42 Å². The normalized spacial score (nSPS) is 17.3. The fourth-order valence-electron chi connectivity index (χ4n) is 1.43. The molecular formula is C7H12N4O2S2. The number of rotatable bonds is 2. The molecular weight excluding hydrogens is 236 g/mol. The summed E-state index contributed by atoms with van der Waals surface area (Å²) in [5.41, 5.74) is 6.31. The smallest absolute Gasteiger partial charge is 0.282 e. The Morgan fingerprint density at radius 3 is 2.67 bits per heavy atom. The highest BCUT2D eigenvalue weighted by atomic mass is 32.2. The van der Waals surface area contributed by atoms with Crippen molar-refractivity contribution < 1.29 is 8.42 Å². The highest BCUT2D eigenvalue weighted by Crippen LogP contribution is 2.31. The SMILES string of the molecule is CN(C)S(=O)(=O)N1Cc2nc(N)sc2C1. The van der Waals surface area contributed by atoms with Crippen LogP contribution in [0.3, 0.4) is 0 Å². The largest absolute Gasteiger partial charge is 0.375 e. The zero-order valence-electron chi connectivity index (χ0n) is 8.47. The Bertz CT molecular complexity index is 456. The molecule has 2 N–H and O–H groups in total. The van der Waals surface area contributed by atoms with E-state index in [1.165, 1.54) is 34.0 Å². The van der Waals surface area contributed by atoms with Crippen LogP contribution in [0.5, 0.6) is 0 Å². The number of nitrogen functional groups attached to an aromatic ring is 1. The lowest BCUT2D eigenvalue weighted by Crippen LogP contribution is -2.36. The van der Waals surface area contributed by atoms with Gasteiger partial charge in [-0.25, -0.2) is 4.98 Å². The molecule has 1 aliphatic heterocycles. The van der Waals surface area contributed by atoms with Crippen molar-refractivity contribution in [2.75, 3.05) is 19.8 Å². The first-order valence-corrected chi connectivity index (χ1v) is 6.54. The van der Waals surface area contributed by atoms with E-state index in [-0.39, 0.29) is 0 Å². The minimum absolute atomic E-state index is 0.323. The van der Waals surface area contributed by atoms with Gasteiger partial charge in [-0.15, -0.1) is 11.3 Å². The summed E-state index contributed by atoms with van der Waals surface area (Å²) in [4.78, 5) is 5.03. The van der Waals surface area contributed by atoms with Crippen molar-refractivity contribution in [3.8, 4) is 0 Å². The molecule has 84 valence electrons. The quantitative estimate of drug-likeness (QED) is 0.789. The van der Waals surface area contributed by atoms with Gasteiger partial charge in [0.1, 0.15) is 0 Å². The molecule has 0 aliphatic carbocycles. The number of fused-ring (bicyclic) bond motifs is 1. The van der Waals surface area contributed by atoms with Crippen LogP contribution in [0.15, 0.2) is 0 Å². The van der Waals surface area contributed by atoms with Gasteiger partial charge in [0, 0.05) is 19.0 Å². The van der Waals surface area contributed by atoms with Crippen LogP contribution in [0.2, 0.25) is 0 Å². The Labute approximate surface area is 92.5 Å². The van der Waals surface area contributed by atoms with E-state index in [0.717, 1.165) is 10.6 Å². The minimum Gasteiger partial charge on any atom is -0.375 e. The maximum absolute atomic E-state index is 11.8. The molecule has 2 rings (SSSR count). The number of nitrogens with two attached hydrogens (primary N) is 1. The molecule has 6 nitrogen and oxygen atoms in total. The third-order valence-corrected chi connectivity index (χ3v) is 4.97. The molecule has 8 heteroatoms. The molecule has 2 heterocycles. The molecule has 0 bridgehead atoms. The average Bonchev–Trinajstić information content (AvgIpc) is 2.60. The predicted octanol–water partition coefficient (Wildman–Crippen LogP) is -0.153. The number of aromatic nitrogens is 1. The first-order chi connectivity index (χ1) is 6.91. The highest BCUT2D eigenvalue weighted by Gasteiger charge is 2.33. The third kappa shape index (κ3) is 1.73. The van der Waals surface area contributed by atoms with Crippen LogP contribution in [0.1, 0.15) is 10.6 Å². The number of nitrogens with zero attached hydrogens (tertiary/aromatic N) is 3. The van der Waals surface area contributed by atoms with Crippen molar-refractivity contribution in [2.45, 2.75) is 13.1 Å². The zero-order valence-corrected chi connectivity index (χ0v) is 10.1. The molecule has 0 saturated carbocycles. The van der Waals surface area contributed by atoms with E-state index in [4.69, 9.17) is 5.73 Å². The molecule has 0 unspecified atom stereocenters. The lowest BCUT2D eigenvalue weighted by atomic mass is 10.4. The van der Waals surface area contributed by atoms with Crippen LogP contribution in [-0.2, 0) is 23.3 Å². The van der Waals surface area contributed by atoms with Crippen molar-refractivity contribution in [3.05, 3.63) is 10.6 Å². The number of hydrogen-bond donors (Lipinski definition) is 1. The van der Waals surface area contributed by atoms with Gasteiger partial charge >= 0.3 is 0 Å². The Morgan fingerprint density at radius 2 is 2.13 bits per heavy atom. The summed E-state index contributed by atoms with van der Waals surface area (Å²) in [6.45, 7) is 0.703. The van der Waals surface area contributed by atoms with Crippen molar-refractivity contribution in [1.82, 2.24) is 13.6 Å². The van der Waals surface area contributed by atoms with E-state index < -0.39 is 10.2 Å². The summed E-state index contributed by atoms with van der Waals surface area (Å²) in [5.74, 6) is 0. The molecule has 0 spiro atoms. The van der Waals surface area contributed by atoms with Gasteiger partial charge in [-0.2, -0.15) is 17.0 Å². The molecule has 0 fully saturated rings. The van der Waals surface area contributed by atoms with E-state index in [2.05, 4.69) is 4.98 Å². The van der Waals surface area contributed by atoms with Crippen molar-refractivity contribution in [2.24, 2.45) is 0 Å². The molecule has 0 atom stereocenters. The van der Waals surface area contributed by atoms with Gasteiger partial charge < -0.3 is 5.73 Å². The predicted molar refractivity (Wildman–Crippen MR) is 58.4 cm³/mol. The topological polar surface area (TPSA) is 79.5 Å². The van der Waals surface area contributed by atoms with Crippen molar-refractivity contribution >= 4 is 26.7 Å². The molecule has 1 aromatic heterocycles. The Hall–Kier alpha value is -0.700. The molecule has 1 aromatic rings. The fraction of sp³-hybridized carbons (Fsp3) is 0.571. The summed E-state index contributed by atoms with van der Waals surface area (Å²) >= 11 is 1.35.